The minimum absolute atomic E-state index is 0.188. The lowest BCUT2D eigenvalue weighted by molar-refractivity contribution is -0.137. The third kappa shape index (κ3) is 6.82. The maximum absolute atomic E-state index is 13.4. The van der Waals surface area contributed by atoms with Gasteiger partial charge in [-0.3, -0.25) is 9.80 Å². The van der Waals surface area contributed by atoms with Crippen LogP contribution in [0.5, 0.6) is 0 Å². The highest BCUT2D eigenvalue weighted by atomic mass is 19.4. The van der Waals surface area contributed by atoms with Gasteiger partial charge in [0.15, 0.2) is 0 Å². The van der Waals surface area contributed by atoms with Crippen molar-refractivity contribution in [3.63, 3.8) is 0 Å². The molecule has 2 fully saturated rings. The normalized spacial score (nSPS) is 18.6. The van der Waals surface area contributed by atoms with Gasteiger partial charge in [0.25, 0.3) is 5.92 Å². The number of nitrogens with zero attached hydrogens (tertiary/aromatic N) is 4. The number of para-hydroxylation sites is 1. The van der Waals surface area contributed by atoms with Crippen LogP contribution in [0.4, 0.5) is 43.8 Å². The molecule has 0 aliphatic carbocycles. The number of amides is 1. The van der Waals surface area contributed by atoms with Gasteiger partial charge in [0.1, 0.15) is 0 Å². The van der Waals surface area contributed by atoms with Crippen LogP contribution in [-0.2, 0) is 6.18 Å². The SMILES string of the molecule is O=C(O)N(CCCN1CCN(c2ccccc2C(F)(F)F)CC1)c1ccc(N2CCC(F)(F)CC2)cc1. The average Bonchev–Trinajstić information content (AvgIpc) is 2.86. The Hall–Kier alpha value is -3.08. The lowest BCUT2D eigenvalue weighted by Gasteiger charge is -2.37. The Bertz CT molecular complexity index is 1050. The number of halogens is 5. The first-order chi connectivity index (χ1) is 17.5. The van der Waals surface area contributed by atoms with Crippen molar-refractivity contribution >= 4 is 23.2 Å². The van der Waals surface area contributed by atoms with Gasteiger partial charge in [0.2, 0.25) is 0 Å². The van der Waals surface area contributed by atoms with Crippen molar-refractivity contribution in [2.45, 2.75) is 31.4 Å². The van der Waals surface area contributed by atoms with Crippen LogP contribution in [0, 0.1) is 0 Å². The molecule has 1 N–H and O–H groups in total. The molecule has 37 heavy (non-hydrogen) atoms. The monoisotopic (exact) mass is 526 g/mol. The molecule has 2 aliphatic rings. The van der Waals surface area contributed by atoms with Crippen LogP contribution < -0.4 is 14.7 Å². The first-order valence-electron chi connectivity index (χ1n) is 12.4. The van der Waals surface area contributed by atoms with E-state index in [9.17, 15) is 31.9 Å². The molecule has 2 aromatic rings. The predicted molar refractivity (Wildman–Crippen MR) is 133 cm³/mol. The van der Waals surface area contributed by atoms with Gasteiger partial charge in [-0.15, -0.1) is 0 Å². The van der Waals surface area contributed by atoms with E-state index >= 15 is 0 Å². The Morgan fingerprint density at radius 3 is 2.11 bits per heavy atom. The third-order valence-electron chi connectivity index (χ3n) is 7.03. The van der Waals surface area contributed by atoms with Crippen molar-refractivity contribution in [1.29, 1.82) is 0 Å². The number of hydrogen-bond acceptors (Lipinski definition) is 4. The molecule has 0 unspecified atom stereocenters. The van der Waals surface area contributed by atoms with Crippen molar-refractivity contribution in [2.75, 3.05) is 67.1 Å². The molecule has 11 heteroatoms. The fourth-order valence-corrected chi connectivity index (χ4v) is 4.92. The zero-order chi connectivity index (χ0) is 26.6. The van der Waals surface area contributed by atoms with Gasteiger partial charge < -0.3 is 14.9 Å². The summed E-state index contributed by atoms with van der Waals surface area (Å²) in [5, 5.41) is 9.71. The first-order valence-corrected chi connectivity index (χ1v) is 12.4. The lowest BCUT2D eigenvalue weighted by atomic mass is 10.1. The maximum Gasteiger partial charge on any atom is 0.418 e. The van der Waals surface area contributed by atoms with Crippen molar-refractivity contribution in [2.24, 2.45) is 0 Å². The molecule has 202 valence electrons. The van der Waals surface area contributed by atoms with Crippen LogP contribution in [0.3, 0.4) is 0 Å². The van der Waals surface area contributed by atoms with Gasteiger partial charge in [-0.2, -0.15) is 13.2 Å². The van der Waals surface area contributed by atoms with Crippen LogP contribution in [-0.4, -0.2) is 74.4 Å². The molecule has 2 aromatic carbocycles. The van der Waals surface area contributed by atoms with Crippen LogP contribution in [0.2, 0.25) is 0 Å². The van der Waals surface area contributed by atoms with Crippen LogP contribution in [0.1, 0.15) is 24.8 Å². The largest absolute Gasteiger partial charge is 0.465 e. The second-order valence-electron chi connectivity index (χ2n) is 9.49. The molecule has 2 heterocycles. The molecular weight excluding hydrogens is 495 g/mol. The van der Waals surface area contributed by atoms with E-state index in [0.29, 0.717) is 44.8 Å². The lowest BCUT2D eigenvalue weighted by Crippen LogP contribution is -2.47. The number of piperazine rings is 1. The minimum Gasteiger partial charge on any atom is -0.465 e. The number of hydrogen-bond donors (Lipinski definition) is 1. The van der Waals surface area contributed by atoms with E-state index in [-0.39, 0.29) is 38.2 Å². The summed E-state index contributed by atoms with van der Waals surface area (Å²) in [6.45, 7) is 3.49. The Labute approximate surface area is 212 Å². The number of alkyl halides is 5. The summed E-state index contributed by atoms with van der Waals surface area (Å²) in [4.78, 5) is 18.9. The molecule has 6 nitrogen and oxygen atoms in total. The molecule has 4 rings (SSSR count). The van der Waals surface area contributed by atoms with E-state index < -0.39 is 23.8 Å². The number of benzene rings is 2. The fourth-order valence-electron chi connectivity index (χ4n) is 4.92. The van der Waals surface area contributed by atoms with Crippen LogP contribution >= 0.6 is 0 Å². The number of anilines is 3. The van der Waals surface area contributed by atoms with Crippen LogP contribution in [0.25, 0.3) is 0 Å². The van der Waals surface area contributed by atoms with Gasteiger partial charge in [-0.1, -0.05) is 12.1 Å². The van der Waals surface area contributed by atoms with Crippen molar-refractivity contribution in [1.82, 2.24) is 4.90 Å². The standard InChI is InChI=1S/C26H31F5N4O2/c27-25(28)10-14-33(15-11-25)20-6-8-21(9-7-20)35(24(36)37)13-3-12-32-16-18-34(19-17-32)23-5-2-1-4-22(23)26(29,30)31/h1-2,4-9H,3,10-19H2,(H,36,37). The minimum atomic E-state index is -4.41. The molecule has 0 spiro atoms. The van der Waals surface area contributed by atoms with E-state index in [4.69, 9.17) is 0 Å². The van der Waals surface area contributed by atoms with Crippen molar-refractivity contribution < 1.29 is 31.9 Å². The summed E-state index contributed by atoms with van der Waals surface area (Å²) in [7, 11) is 0. The summed E-state index contributed by atoms with van der Waals surface area (Å²) in [5.41, 5.74) is 0.847. The van der Waals surface area contributed by atoms with E-state index in [1.165, 1.54) is 17.0 Å². The molecule has 2 aliphatic heterocycles. The predicted octanol–water partition coefficient (Wildman–Crippen LogP) is 5.64. The Balaban J connectivity index is 1.27. The van der Waals surface area contributed by atoms with Gasteiger partial charge in [0.05, 0.1) is 5.56 Å². The van der Waals surface area contributed by atoms with E-state index in [0.717, 1.165) is 11.8 Å². The van der Waals surface area contributed by atoms with E-state index in [2.05, 4.69) is 4.90 Å². The Morgan fingerprint density at radius 1 is 0.892 bits per heavy atom. The second kappa shape index (κ2) is 11.1. The summed E-state index contributed by atoms with van der Waals surface area (Å²) in [6.07, 6.45) is -5.32. The quantitative estimate of drug-likeness (QED) is 0.474. The highest BCUT2D eigenvalue weighted by Crippen LogP contribution is 2.37. The molecule has 0 aromatic heterocycles. The summed E-state index contributed by atoms with van der Waals surface area (Å²) in [5.74, 6) is -2.63. The zero-order valence-electron chi connectivity index (χ0n) is 20.4. The van der Waals surface area contributed by atoms with E-state index in [1.54, 1.807) is 35.2 Å². The third-order valence-corrected chi connectivity index (χ3v) is 7.03. The van der Waals surface area contributed by atoms with Crippen LogP contribution in [0.15, 0.2) is 48.5 Å². The number of carbonyl (C=O) groups is 1. The summed E-state index contributed by atoms with van der Waals surface area (Å²) in [6, 6.07) is 12.5. The van der Waals surface area contributed by atoms with Gasteiger partial charge in [0, 0.05) is 75.7 Å². The van der Waals surface area contributed by atoms with Crippen molar-refractivity contribution in [3.05, 3.63) is 54.1 Å². The van der Waals surface area contributed by atoms with E-state index in [1.807, 2.05) is 4.90 Å². The molecular formula is C26H31F5N4O2. The molecule has 0 saturated carbocycles. The summed E-state index contributed by atoms with van der Waals surface area (Å²) < 4.78 is 66.9. The molecule has 1 amide bonds. The summed E-state index contributed by atoms with van der Waals surface area (Å²) >= 11 is 0. The van der Waals surface area contributed by atoms with Crippen molar-refractivity contribution in [3.8, 4) is 0 Å². The number of carboxylic acid groups (broad SMARTS) is 1. The highest BCUT2D eigenvalue weighted by Gasteiger charge is 2.35. The topological polar surface area (TPSA) is 50.3 Å². The number of rotatable bonds is 7. The Morgan fingerprint density at radius 2 is 1.51 bits per heavy atom. The first kappa shape index (κ1) is 27.0. The van der Waals surface area contributed by atoms with Gasteiger partial charge >= 0.3 is 12.3 Å². The smallest absolute Gasteiger partial charge is 0.418 e. The molecule has 0 bridgehead atoms. The highest BCUT2D eigenvalue weighted by molar-refractivity contribution is 5.86. The maximum atomic E-state index is 13.4. The molecule has 0 radical (unpaired) electrons. The van der Waals surface area contributed by atoms with Gasteiger partial charge in [-0.05, 0) is 49.4 Å². The molecule has 0 atom stereocenters. The fraction of sp³-hybridized carbons (Fsp3) is 0.500. The zero-order valence-corrected chi connectivity index (χ0v) is 20.4. The number of piperidine rings is 1. The van der Waals surface area contributed by atoms with Gasteiger partial charge in [-0.25, -0.2) is 13.6 Å². The Kier molecular flexibility index (Phi) is 8.11. The second-order valence-corrected chi connectivity index (χ2v) is 9.49. The molecule has 2 saturated heterocycles. The average molecular weight is 527 g/mol.